The van der Waals surface area contributed by atoms with Crippen LogP contribution in [0.15, 0.2) is 36.4 Å². The summed E-state index contributed by atoms with van der Waals surface area (Å²) in [6, 6.07) is 9.76. The Labute approximate surface area is 123 Å². The second-order valence-electron chi connectivity index (χ2n) is 4.67. The Morgan fingerprint density at radius 1 is 1.14 bits per heavy atom. The Bertz CT molecular complexity index is 608. The lowest BCUT2D eigenvalue weighted by Crippen LogP contribution is -2.15. The molecule has 0 amide bonds. The zero-order chi connectivity index (χ0) is 15.4. The largest absolute Gasteiger partial charge is 0.495 e. The molecule has 0 spiro atoms. The predicted octanol–water partition coefficient (Wildman–Crippen LogP) is 3.46. The molecule has 0 aliphatic heterocycles. The Morgan fingerprint density at radius 2 is 1.76 bits per heavy atom. The highest BCUT2D eigenvalue weighted by Crippen LogP contribution is 2.35. The fourth-order valence-corrected chi connectivity index (χ4v) is 2.27. The number of nitrogens with zero attached hydrogens (tertiary/aromatic N) is 1. The highest BCUT2D eigenvalue weighted by atomic mass is 19.1. The third kappa shape index (κ3) is 3.13. The summed E-state index contributed by atoms with van der Waals surface area (Å²) in [7, 11) is 4.86. The van der Waals surface area contributed by atoms with Crippen molar-refractivity contribution in [3.05, 3.63) is 53.6 Å². The molecule has 0 saturated carbocycles. The van der Waals surface area contributed by atoms with Crippen molar-refractivity contribution < 1.29 is 13.5 Å². The van der Waals surface area contributed by atoms with E-state index in [4.69, 9.17) is 4.74 Å². The normalized spacial score (nSPS) is 10.5. The van der Waals surface area contributed by atoms with Gasteiger partial charge < -0.3 is 15.0 Å². The first kappa shape index (κ1) is 15.3. The fourth-order valence-electron chi connectivity index (χ4n) is 2.27. The number of para-hydroxylation sites is 2. The third-order valence-corrected chi connectivity index (χ3v) is 3.24. The maximum atomic E-state index is 14.3. The van der Waals surface area contributed by atoms with Crippen LogP contribution in [0.3, 0.4) is 0 Å². The standard InChI is InChI=1S/C16H18F2N2O/c1-19-10-11-8-12(17)16(13(18)9-11)20(2)14-6-4-5-7-15(14)21-3/h4-9,19H,10H2,1-3H3. The van der Waals surface area contributed by atoms with E-state index in [-0.39, 0.29) is 5.69 Å². The van der Waals surface area contributed by atoms with E-state index >= 15 is 0 Å². The van der Waals surface area contributed by atoms with Gasteiger partial charge in [-0.1, -0.05) is 12.1 Å². The van der Waals surface area contributed by atoms with Crippen LogP contribution >= 0.6 is 0 Å². The van der Waals surface area contributed by atoms with Crippen molar-refractivity contribution in [2.45, 2.75) is 6.54 Å². The molecule has 2 rings (SSSR count). The molecule has 21 heavy (non-hydrogen) atoms. The van der Waals surface area contributed by atoms with Crippen LogP contribution in [0.25, 0.3) is 0 Å². The molecule has 0 aliphatic rings. The lowest BCUT2D eigenvalue weighted by molar-refractivity contribution is 0.415. The van der Waals surface area contributed by atoms with E-state index < -0.39 is 11.6 Å². The van der Waals surface area contributed by atoms with Crippen molar-refractivity contribution in [3.63, 3.8) is 0 Å². The van der Waals surface area contributed by atoms with Gasteiger partial charge in [0.25, 0.3) is 0 Å². The first-order valence-electron chi connectivity index (χ1n) is 6.57. The summed E-state index contributed by atoms with van der Waals surface area (Å²) in [4.78, 5) is 1.45. The number of methoxy groups -OCH3 is 1. The molecule has 0 fully saturated rings. The van der Waals surface area contributed by atoms with E-state index in [1.54, 1.807) is 38.4 Å². The first-order valence-corrected chi connectivity index (χ1v) is 6.57. The van der Waals surface area contributed by atoms with Crippen LogP contribution in [0.5, 0.6) is 5.75 Å². The van der Waals surface area contributed by atoms with Crippen LogP contribution in [0.4, 0.5) is 20.2 Å². The molecular weight excluding hydrogens is 274 g/mol. The van der Waals surface area contributed by atoms with Gasteiger partial charge in [-0.2, -0.15) is 0 Å². The summed E-state index contributed by atoms with van der Waals surface area (Å²) in [5, 5.41) is 2.87. The summed E-state index contributed by atoms with van der Waals surface area (Å²) < 4.78 is 33.7. The van der Waals surface area contributed by atoms with Crippen molar-refractivity contribution in [2.24, 2.45) is 0 Å². The van der Waals surface area contributed by atoms with Crippen molar-refractivity contribution in [2.75, 3.05) is 26.1 Å². The SMILES string of the molecule is CNCc1cc(F)c(N(C)c2ccccc2OC)c(F)c1. The summed E-state index contributed by atoms with van der Waals surface area (Å²) in [6.07, 6.45) is 0. The average Bonchev–Trinajstić information content (AvgIpc) is 2.46. The smallest absolute Gasteiger partial charge is 0.150 e. The first-order chi connectivity index (χ1) is 10.1. The Hall–Kier alpha value is -2.14. The number of anilines is 2. The molecule has 0 aliphatic carbocycles. The molecule has 0 bridgehead atoms. The molecule has 0 radical (unpaired) electrons. The highest BCUT2D eigenvalue weighted by Gasteiger charge is 2.18. The highest BCUT2D eigenvalue weighted by molar-refractivity contribution is 5.69. The summed E-state index contributed by atoms with van der Waals surface area (Å²) in [6.45, 7) is 0.409. The van der Waals surface area contributed by atoms with Gasteiger partial charge >= 0.3 is 0 Å². The van der Waals surface area contributed by atoms with E-state index in [2.05, 4.69) is 5.32 Å². The topological polar surface area (TPSA) is 24.5 Å². The third-order valence-electron chi connectivity index (χ3n) is 3.24. The minimum atomic E-state index is -0.603. The van der Waals surface area contributed by atoms with Gasteiger partial charge in [-0.3, -0.25) is 0 Å². The molecule has 2 aromatic carbocycles. The maximum absolute atomic E-state index is 14.3. The Kier molecular flexibility index (Phi) is 4.75. The van der Waals surface area contributed by atoms with Crippen molar-refractivity contribution in [1.29, 1.82) is 0 Å². The Morgan fingerprint density at radius 3 is 2.33 bits per heavy atom. The minimum Gasteiger partial charge on any atom is -0.495 e. The molecule has 0 unspecified atom stereocenters. The number of ether oxygens (including phenoxy) is 1. The van der Waals surface area contributed by atoms with Gasteiger partial charge in [0.1, 0.15) is 23.1 Å². The van der Waals surface area contributed by atoms with Gasteiger partial charge in [-0.25, -0.2) is 8.78 Å². The second-order valence-corrected chi connectivity index (χ2v) is 4.67. The fraction of sp³-hybridized carbons (Fsp3) is 0.250. The Balaban J connectivity index is 2.46. The molecule has 5 heteroatoms. The van der Waals surface area contributed by atoms with Crippen LogP contribution in [-0.2, 0) is 6.54 Å². The van der Waals surface area contributed by atoms with Crippen LogP contribution < -0.4 is 15.0 Å². The number of halogens is 2. The molecule has 3 nitrogen and oxygen atoms in total. The van der Waals surface area contributed by atoms with E-state index in [0.717, 1.165) is 0 Å². The van der Waals surface area contributed by atoms with Crippen molar-refractivity contribution in [3.8, 4) is 5.75 Å². The monoisotopic (exact) mass is 292 g/mol. The molecule has 0 aromatic heterocycles. The maximum Gasteiger partial charge on any atom is 0.150 e. The van der Waals surface area contributed by atoms with Gasteiger partial charge in [-0.15, -0.1) is 0 Å². The zero-order valence-electron chi connectivity index (χ0n) is 12.3. The summed E-state index contributed by atoms with van der Waals surface area (Å²) in [5.41, 5.74) is 1.06. The molecule has 0 saturated heterocycles. The minimum absolute atomic E-state index is 0.0978. The predicted molar refractivity (Wildman–Crippen MR) is 80.2 cm³/mol. The molecular formula is C16H18F2N2O. The molecule has 0 atom stereocenters. The lowest BCUT2D eigenvalue weighted by Gasteiger charge is -2.23. The lowest BCUT2D eigenvalue weighted by atomic mass is 10.1. The zero-order valence-corrected chi connectivity index (χ0v) is 12.3. The van der Waals surface area contributed by atoms with E-state index in [1.807, 2.05) is 0 Å². The van der Waals surface area contributed by atoms with Crippen LogP contribution in [0.2, 0.25) is 0 Å². The molecule has 0 heterocycles. The van der Waals surface area contributed by atoms with Gasteiger partial charge in [0, 0.05) is 13.6 Å². The van der Waals surface area contributed by atoms with Gasteiger partial charge in [0.2, 0.25) is 0 Å². The molecule has 1 N–H and O–H groups in total. The number of hydrogen-bond acceptors (Lipinski definition) is 3. The average molecular weight is 292 g/mol. The van der Waals surface area contributed by atoms with E-state index in [9.17, 15) is 8.78 Å². The van der Waals surface area contributed by atoms with Crippen molar-refractivity contribution >= 4 is 11.4 Å². The molecule has 2 aromatic rings. The quantitative estimate of drug-likeness (QED) is 0.913. The van der Waals surface area contributed by atoms with Crippen molar-refractivity contribution in [1.82, 2.24) is 5.32 Å². The number of hydrogen-bond donors (Lipinski definition) is 1. The van der Waals surface area contributed by atoms with E-state index in [1.165, 1.54) is 24.1 Å². The number of nitrogens with one attached hydrogen (secondary N) is 1. The number of benzene rings is 2. The van der Waals surface area contributed by atoms with Gasteiger partial charge in [-0.05, 0) is 36.9 Å². The number of rotatable bonds is 5. The van der Waals surface area contributed by atoms with Gasteiger partial charge in [0.15, 0.2) is 0 Å². The van der Waals surface area contributed by atoms with Crippen LogP contribution in [0, 0.1) is 11.6 Å². The van der Waals surface area contributed by atoms with Gasteiger partial charge in [0.05, 0.1) is 12.8 Å². The van der Waals surface area contributed by atoms with Crippen LogP contribution in [-0.4, -0.2) is 21.2 Å². The second kappa shape index (κ2) is 6.54. The summed E-state index contributed by atoms with van der Waals surface area (Å²) >= 11 is 0. The molecule has 112 valence electrons. The summed E-state index contributed by atoms with van der Waals surface area (Å²) in [5.74, 6) is -0.652. The van der Waals surface area contributed by atoms with E-state index in [0.29, 0.717) is 23.5 Å². The van der Waals surface area contributed by atoms with Crippen LogP contribution in [0.1, 0.15) is 5.56 Å².